The van der Waals surface area contributed by atoms with Crippen molar-refractivity contribution >= 4 is 41.0 Å². The van der Waals surface area contributed by atoms with E-state index >= 15 is 4.39 Å². The second-order valence-corrected chi connectivity index (χ2v) is 10.1. The van der Waals surface area contributed by atoms with Gasteiger partial charge in [0.25, 0.3) is 0 Å². The standard InChI is InChI=1S/C27H26B3FN6O2/c1-3-39-26-21-20(14-33-26)37(23(15-8-10-38-11-9-15)17-6-4-5-7-18(17)31)19-12-16(13-32-22(19)21)24-25(27(28,29)30)34-35-36(24)2/h4-7,12-15,20,23H,3,8-11H2,1-2H3/t20?,23-/m0/s1. The second kappa shape index (κ2) is 9.97. The number of pyridine rings is 1. The molecule has 0 aliphatic carbocycles. The molecule has 6 radical (unpaired) electrons. The van der Waals surface area contributed by atoms with Gasteiger partial charge in [-0.1, -0.05) is 28.5 Å². The van der Waals surface area contributed by atoms with Gasteiger partial charge in [-0.25, -0.2) is 14.1 Å². The van der Waals surface area contributed by atoms with Gasteiger partial charge in [-0.2, -0.15) is 0 Å². The molecule has 3 aromatic rings. The molecule has 39 heavy (non-hydrogen) atoms. The third-order valence-electron chi connectivity index (χ3n) is 7.59. The monoisotopic (exact) mass is 518 g/mol. The van der Waals surface area contributed by atoms with Crippen LogP contribution < -0.4 is 4.90 Å². The number of aliphatic imine (C=N–C) groups is 1. The van der Waals surface area contributed by atoms with E-state index < -0.39 is 5.11 Å². The van der Waals surface area contributed by atoms with E-state index in [0.29, 0.717) is 42.5 Å². The van der Waals surface area contributed by atoms with Crippen LogP contribution in [0.4, 0.5) is 10.1 Å². The fourth-order valence-electron chi connectivity index (χ4n) is 5.92. The van der Waals surface area contributed by atoms with E-state index in [0.717, 1.165) is 29.8 Å². The van der Waals surface area contributed by atoms with Crippen molar-refractivity contribution in [3.05, 3.63) is 65.2 Å². The van der Waals surface area contributed by atoms with Gasteiger partial charge in [-0.3, -0.25) is 4.98 Å². The van der Waals surface area contributed by atoms with E-state index in [4.69, 9.17) is 38.0 Å². The molecule has 2 aromatic heterocycles. The number of nitrogens with zero attached hydrogens (tertiary/aromatic N) is 6. The molecule has 12 heteroatoms. The lowest BCUT2D eigenvalue weighted by atomic mass is 9.41. The minimum Gasteiger partial charge on any atom is -0.478 e. The van der Waals surface area contributed by atoms with Crippen molar-refractivity contribution in [2.75, 3.05) is 24.7 Å². The molecule has 0 amide bonds. The van der Waals surface area contributed by atoms with Crippen LogP contribution in [0.3, 0.4) is 0 Å². The zero-order chi connectivity index (χ0) is 27.3. The molecular formula is C27H26B3FN6O2. The van der Waals surface area contributed by atoms with Crippen LogP contribution in [0.5, 0.6) is 0 Å². The summed E-state index contributed by atoms with van der Waals surface area (Å²) in [7, 11) is 19.8. The van der Waals surface area contributed by atoms with Crippen LogP contribution >= 0.6 is 0 Å². The quantitative estimate of drug-likeness (QED) is 0.449. The number of hydrogen-bond donors (Lipinski definition) is 0. The van der Waals surface area contributed by atoms with Crippen molar-refractivity contribution in [1.82, 2.24) is 20.0 Å². The molecule has 0 spiro atoms. The number of aromatic nitrogens is 4. The summed E-state index contributed by atoms with van der Waals surface area (Å²) in [4.78, 5) is 11.7. The lowest BCUT2D eigenvalue weighted by Gasteiger charge is -2.40. The summed E-state index contributed by atoms with van der Waals surface area (Å²) >= 11 is 0. The second-order valence-electron chi connectivity index (χ2n) is 10.1. The smallest absolute Gasteiger partial charge is 0.221 e. The van der Waals surface area contributed by atoms with Crippen molar-refractivity contribution < 1.29 is 13.9 Å². The highest BCUT2D eigenvalue weighted by molar-refractivity contribution is 6.59. The molecule has 1 fully saturated rings. The Kier molecular flexibility index (Phi) is 6.61. The van der Waals surface area contributed by atoms with E-state index in [-0.39, 0.29) is 29.5 Å². The van der Waals surface area contributed by atoms with Crippen molar-refractivity contribution in [1.29, 1.82) is 0 Å². The van der Waals surface area contributed by atoms with Crippen LogP contribution in [0.15, 0.2) is 47.4 Å². The maximum atomic E-state index is 15.5. The van der Waals surface area contributed by atoms with Gasteiger partial charge in [-0.15, -0.1) is 5.10 Å². The topological polar surface area (TPSA) is 77.7 Å². The van der Waals surface area contributed by atoms with E-state index in [9.17, 15) is 0 Å². The number of fused-ring (bicyclic) bond motifs is 3. The fraction of sp³-hybridized carbons (Fsp3) is 0.407. The van der Waals surface area contributed by atoms with Crippen LogP contribution in [0.2, 0.25) is 0 Å². The summed E-state index contributed by atoms with van der Waals surface area (Å²) in [6.45, 7) is 3.62. The van der Waals surface area contributed by atoms with Crippen LogP contribution in [-0.2, 0) is 21.6 Å². The molecule has 5 heterocycles. The van der Waals surface area contributed by atoms with Crippen molar-refractivity contribution in [3.8, 4) is 11.3 Å². The van der Waals surface area contributed by atoms with Crippen LogP contribution in [0.25, 0.3) is 16.8 Å². The lowest BCUT2D eigenvalue weighted by molar-refractivity contribution is 0.0569. The summed E-state index contributed by atoms with van der Waals surface area (Å²) in [5.74, 6) is 0.405. The summed E-state index contributed by atoms with van der Waals surface area (Å²) < 4.78 is 28.7. The van der Waals surface area contributed by atoms with Gasteiger partial charge in [0.05, 0.1) is 70.6 Å². The van der Waals surface area contributed by atoms with Gasteiger partial charge in [0.1, 0.15) is 5.82 Å². The normalized spacial score (nSPS) is 19.9. The van der Waals surface area contributed by atoms with E-state index in [1.165, 1.54) is 6.07 Å². The van der Waals surface area contributed by atoms with Gasteiger partial charge in [-0.05, 0) is 37.8 Å². The van der Waals surface area contributed by atoms with Crippen LogP contribution in [0, 0.1) is 11.7 Å². The minimum absolute atomic E-state index is 0.134. The third-order valence-corrected chi connectivity index (χ3v) is 7.59. The molecule has 1 aromatic carbocycles. The zero-order valence-electron chi connectivity index (χ0n) is 21.9. The predicted octanol–water partition coefficient (Wildman–Crippen LogP) is 2.78. The van der Waals surface area contributed by atoms with Crippen LogP contribution in [0.1, 0.15) is 42.8 Å². The van der Waals surface area contributed by atoms with Gasteiger partial charge in [0.15, 0.2) is 0 Å². The largest absolute Gasteiger partial charge is 0.478 e. The first-order chi connectivity index (χ1) is 18.8. The molecule has 6 rings (SSSR count). The number of anilines is 1. The molecule has 3 aliphatic heterocycles. The first-order valence-electron chi connectivity index (χ1n) is 13.1. The third kappa shape index (κ3) is 4.38. The molecular weight excluding hydrogens is 492 g/mol. The molecule has 8 nitrogen and oxygen atoms in total. The molecule has 0 bridgehead atoms. The molecule has 3 aliphatic rings. The Morgan fingerprint density at radius 2 is 1.97 bits per heavy atom. The van der Waals surface area contributed by atoms with Gasteiger partial charge >= 0.3 is 0 Å². The van der Waals surface area contributed by atoms with Gasteiger partial charge in [0.2, 0.25) is 5.88 Å². The summed E-state index contributed by atoms with van der Waals surface area (Å²) in [5, 5.41) is 6.52. The molecule has 1 unspecified atom stereocenters. The molecule has 2 atom stereocenters. The first-order valence-corrected chi connectivity index (χ1v) is 13.1. The zero-order valence-corrected chi connectivity index (χ0v) is 21.9. The summed E-state index contributed by atoms with van der Waals surface area (Å²) in [6.07, 6.45) is 5.17. The highest BCUT2D eigenvalue weighted by Crippen LogP contribution is 2.51. The van der Waals surface area contributed by atoms with E-state index in [2.05, 4.69) is 20.2 Å². The molecule has 0 saturated carbocycles. The molecule has 1 saturated heterocycles. The Hall–Kier alpha value is -3.40. The minimum atomic E-state index is -1.70. The maximum absolute atomic E-state index is 15.5. The van der Waals surface area contributed by atoms with E-state index in [1.54, 1.807) is 24.0 Å². The fourth-order valence-corrected chi connectivity index (χ4v) is 5.92. The average molecular weight is 518 g/mol. The SMILES string of the molecule is [B]C([B])([B])c1nnn(C)c1-c1cnc2c(c1)N([C@H](c1ccccc1F)C1CCOCC1)C1C=NC(OCC)=C21. The van der Waals surface area contributed by atoms with Gasteiger partial charge in [0, 0.05) is 43.8 Å². The van der Waals surface area contributed by atoms with E-state index in [1.807, 2.05) is 31.3 Å². The molecule has 0 N–H and O–H groups in total. The Morgan fingerprint density at radius 3 is 2.69 bits per heavy atom. The Bertz CT molecular complexity index is 1460. The Balaban J connectivity index is 1.57. The highest BCUT2D eigenvalue weighted by atomic mass is 19.1. The number of aryl methyl sites for hydroxylation is 1. The maximum Gasteiger partial charge on any atom is 0.221 e. The molecule has 192 valence electrons. The first kappa shape index (κ1) is 25.9. The number of halogens is 1. The van der Waals surface area contributed by atoms with Gasteiger partial charge < -0.3 is 14.4 Å². The number of rotatable bonds is 7. The number of hydrogen-bond acceptors (Lipinski definition) is 7. The van der Waals surface area contributed by atoms with Crippen molar-refractivity contribution in [2.24, 2.45) is 18.0 Å². The lowest BCUT2D eigenvalue weighted by Crippen LogP contribution is -2.41. The van der Waals surface area contributed by atoms with Crippen molar-refractivity contribution in [3.63, 3.8) is 0 Å². The highest BCUT2D eigenvalue weighted by Gasteiger charge is 2.46. The predicted molar refractivity (Wildman–Crippen MR) is 149 cm³/mol. The Morgan fingerprint density at radius 1 is 1.21 bits per heavy atom. The summed E-state index contributed by atoms with van der Waals surface area (Å²) in [5.41, 5.74) is 4.50. The Labute approximate surface area is 230 Å². The van der Waals surface area contributed by atoms with Crippen molar-refractivity contribution in [2.45, 2.75) is 37.0 Å². The number of ether oxygens (including phenoxy) is 2. The average Bonchev–Trinajstić information content (AvgIpc) is 3.60. The number of benzene rings is 1. The van der Waals surface area contributed by atoms with Crippen LogP contribution in [-0.4, -0.2) is 75.6 Å². The summed E-state index contributed by atoms with van der Waals surface area (Å²) in [6, 6.07) is 8.36.